The molecule has 0 bridgehead atoms. The van der Waals surface area contributed by atoms with Crippen molar-refractivity contribution in [3.05, 3.63) is 62.2 Å². The SMILES string of the molecule is CCN1c2cc(C)c(/C=N/NC(=O)c3ccc(I)c(OC)c3)cc2C(C)=CC1(C)C. The van der Waals surface area contributed by atoms with Crippen LogP contribution in [0.25, 0.3) is 5.57 Å². The zero-order valence-electron chi connectivity index (χ0n) is 18.3. The molecular weight excluding hydrogens is 489 g/mol. The number of anilines is 1. The number of hydrogen-bond donors (Lipinski definition) is 1. The number of ether oxygens (including phenoxy) is 1. The predicted octanol–water partition coefficient (Wildman–Crippen LogP) is 5.39. The van der Waals surface area contributed by atoms with Gasteiger partial charge in [-0.25, -0.2) is 5.43 Å². The minimum absolute atomic E-state index is 0.0174. The molecule has 0 aliphatic carbocycles. The van der Waals surface area contributed by atoms with Gasteiger partial charge in [-0.15, -0.1) is 0 Å². The molecule has 3 rings (SSSR count). The van der Waals surface area contributed by atoms with Gasteiger partial charge in [-0.05, 0) is 104 Å². The molecule has 1 aliphatic rings. The summed E-state index contributed by atoms with van der Waals surface area (Å²) in [4.78, 5) is 14.9. The van der Waals surface area contributed by atoms with E-state index >= 15 is 0 Å². The van der Waals surface area contributed by atoms with Crippen LogP contribution in [0.1, 0.15) is 54.7 Å². The predicted molar refractivity (Wildman–Crippen MR) is 133 cm³/mol. The van der Waals surface area contributed by atoms with Crippen molar-refractivity contribution in [3.8, 4) is 5.75 Å². The lowest BCUT2D eigenvalue weighted by Gasteiger charge is -2.43. The van der Waals surface area contributed by atoms with E-state index < -0.39 is 0 Å². The van der Waals surface area contributed by atoms with Gasteiger partial charge in [0.1, 0.15) is 5.75 Å². The van der Waals surface area contributed by atoms with Gasteiger partial charge in [0.05, 0.1) is 22.4 Å². The molecule has 2 aromatic carbocycles. The number of carbonyl (C=O) groups excluding carboxylic acids is 1. The fourth-order valence-electron chi connectivity index (χ4n) is 3.99. The third-order valence-electron chi connectivity index (χ3n) is 5.46. The van der Waals surface area contributed by atoms with Gasteiger partial charge in [-0.2, -0.15) is 5.10 Å². The molecule has 1 heterocycles. The van der Waals surface area contributed by atoms with Crippen LogP contribution in [-0.2, 0) is 0 Å². The summed E-state index contributed by atoms with van der Waals surface area (Å²) in [5.74, 6) is 0.398. The minimum Gasteiger partial charge on any atom is -0.496 e. The van der Waals surface area contributed by atoms with E-state index in [4.69, 9.17) is 4.74 Å². The standard InChI is InChI=1S/C24H28IN3O2/c1-7-28-21-10-15(2)18(11-19(21)16(3)13-24(28,4)5)14-26-27-23(29)17-8-9-20(25)22(12-17)30-6/h8-14H,7H2,1-6H3,(H,27,29)/b26-14+. The number of hydrogen-bond acceptors (Lipinski definition) is 4. The summed E-state index contributed by atoms with van der Waals surface area (Å²) in [6.07, 6.45) is 4.02. The number of methoxy groups -OCH3 is 1. The molecule has 6 heteroatoms. The molecule has 0 unspecified atom stereocenters. The molecular formula is C24H28IN3O2. The first kappa shape index (κ1) is 22.3. The van der Waals surface area contributed by atoms with Crippen LogP contribution in [0.5, 0.6) is 5.75 Å². The van der Waals surface area contributed by atoms with E-state index in [1.54, 1.807) is 25.5 Å². The van der Waals surface area contributed by atoms with Crippen LogP contribution in [0, 0.1) is 10.5 Å². The number of allylic oxidation sites excluding steroid dienone is 1. The van der Waals surface area contributed by atoms with Crippen molar-refractivity contribution in [1.82, 2.24) is 5.43 Å². The topological polar surface area (TPSA) is 53.9 Å². The van der Waals surface area contributed by atoms with E-state index in [-0.39, 0.29) is 11.4 Å². The maximum absolute atomic E-state index is 12.4. The summed E-state index contributed by atoms with van der Waals surface area (Å²) in [6.45, 7) is 11.8. The molecule has 0 atom stereocenters. The highest BCUT2D eigenvalue weighted by Gasteiger charge is 2.30. The monoisotopic (exact) mass is 517 g/mol. The Balaban J connectivity index is 1.83. The molecule has 30 heavy (non-hydrogen) atoms. The third kappa shape index (κ3) is 4.38. The number of fused-ring (bicyclic) bond motifs is 1. The number of rotatable bonds is 5. The number of nitrogens with one attached hydrogen (secondary N) is 1. The van der Waals surface area contributed by atoms with E-state index in [0.717, 1.165) is 21.2 Å². The van der Waals surface area contributed by atoms with Gasteiger partial charge in [0.25, 0.3) is 5.91 Å². The Morgan fingerprint density at radius 1 is 1.27 bits per heavy atom. The average Bonchev–Trinajstić information content (AvgIpc) is 2.68. The fraction of sp³-hybridized carbons (Fsp3) is 0.333. The lowest BCUT2D eigenvalue weighted by molar-refractivity contribution is 0.0954. The first-order valence-electron chi connectivity index (χ1n) is 9.97. The molecule has 0 saturated carbocycles. The van der Waals surface area contributed by atoms with Crippen LogP contribution in [-0.4, -0.2) is 31.3 Å². The third-order valence-corrected chi connectivity index (χ3v) is 6.36. The molecule has 2 aromatic rings. The summed E-state index contributed by atoms with van der Waals surface area (Å²) < 4.78 is 6.24. The van der Waals surface area contributed by atoms with Crippen molar-refractivity contribution in [2.24, 2.45) is 5.10 Å². The van der Waals surface area contributed by atoms with Crippen LogP contribution in [0.15, 0.2) is 41.5 Å². The summed E-state index contributed by atoms with van der Waals surface area (Å²) in [5.41, 5.74) is 8.91. The van der Waals surface area contributed by atoms with Crippen molar-refractivity contribution in [1.29, 1.82) is 0 Å². The largest absolute Gasteiger partial charge is 0.496 e. The first-order valence-corrected chi connectivity index (χ1v) is 11.0. The van der Waals surface area contributed by atoms with E-state index in [0.29, 0.717) is 11.3 Å². The summed E-state index contributed by atoms with van der Waals surface area (Å²) >= 11 is 2.17. The second-order valence-corrected chi connectivity index (χ2v) is 9.16. The number of nitrogens with zero attached hydrogens (tertiary/aromatic N) is 2. The first-order chi connectivity index (χ1) is 14.2. The molecule has 1 N–H and O–H groups in total. The van der Waals surface area contributed by atoms with Crippen molar-refractivity contribution in [2.45, 2.75) is 40.2 Å². The molecule has 5 nitrogen and oxygen atoms in total. The maximum atomic E-state index is 12.4. The van der Waals surface area contributed by atoms with Crippen LogP contribution in [0.4, 0.5) is 5.69 Å². The maximum Gasteiger partial charge on any atom is 0.271 e. The van der Waals surface area contributed by atoms with Crippen molar-refractivity contribution < 1.29 is 9.53 Å². The minimum atomic E-state index is -0.272. The van der Waals surface area contributed by atoms with Crippen LogP contribution >= 0.6 is 22.6 Å². The lowest BCUT2D eigenvalue weighted by Crippen LogP contribution is -2.45. The molecule has 1 aliphatic heterocycles. The highest BCUT2D eigenvalue weighted by molar-refractivity contribution is 14.1. The van der Waals surface area contributed by atoms with E-state index in [1.807, 2.05) is 6.07 Å². The highest BCUT2D eigenvalue weighted by Crippen LogP contribution is 2.39. The Morgan fingerprint density at radius 3 is 2.67 bits per heavy atom. The van der Waals surface area contributed by atoms with Gasteiger partial charge >= 0.3 is 0 Å². The Kier molecular flexibility index (Phi) is 6.55. The normalized spacial score (nSPS) is 15.0. The number of aryl methyl sites for hydroxylation is 1. The highest BCUT2D eigenvalue weighted by atomic mass is 127. The number of carbonyl (C=O) groups is 1. The molecule has 1 amide bonds. The molecule has 0 radical (unpaired) electrons. The van der Waals surface area contributed by atoms with Gasteiger partial charge in [-0.3, -0.25) is 4.79 Å². The van der Waals surface area contributed by atoms with Crippen molar-refractivity contribution >= 4 is 46.0 Å². The van der Waals surface area contributed by atoms with Crippen LogP contribution < -0.4 is 15.1 Å². The van der Waals surface area contributed by atoms with Gasteiger partial charge in [0, 0.05) is 23.4 Å². The van der Waals surface area contributed by atoms with Gasteiger partial charge < -0.3 is 9.64 Å². The zero-order chi connectivity index (χ0) is 22.1. The number of likely N-dealkylation sites (N-methyl/N-ethyl adjacent to an activating group) is 1. The number of amides is 1. The van der Waals surface area contributed by atoms with E-state index in [1.165, 1.54) is 16.8 Å². The second-order valence-electron chi connectivity index (χ2n) is 8.00. The molecule has 0 fully saturated rings. The summed E-state index contributed by atoms with van der Waals surface area (Å²) in [7, 11) is 1.59. The molecule has 0 saturated heterocycles. The quantitative estimate of drug-likeness (QED) is 0.329. The number of benzene rings is 2. The van der Waals surface area contributed by atoms with Crippen LogP contribution in [0.2, 0.25) is 0 Å². The summed E-state index contributed by atoms with van der Waals surface area (Å²) in [5, 5.41) is 4.20. The number of hydrazone groups is 1. The van der Waals surface area contributed by atoms with Crippen molar-refractivity contribution in [2.75, 3.05) is 18.6 Å². The molecule has 0 aromatic heterocycles. The smallest absolute Gasteiger partial charge is 0.271 e. The Morgan fingerprint density at radius 2 is 2.00 bits per heavy atom. The summed E-state index contributed by atoms with van der Waals surface area (Å²) in [6, 6.07) is 9.69. The molecule has 158 valence electrons. The fourth-order valence-corrected chi connectivity index (χ4v) is 4.54. The Hall–Kier alpha value is -2.35. The average molecular weight is 517 g/mol. The van der Waals surface area contributed by atoms with Gasteiger partial charge in [0.15, 0.2) is 0 Å². The molecule has 0 spiro atoms. The Labute approximate surface area is 192 Å². The lowest BCUT2D eigenvalue weighted by atomic mass is 9.87. The van der Waals surface area contributed by atoms with E-state index in [9.17, 15) is 4.79 Å². The second kappa shape index (κ2) is 8.79. The van der Waals surface area contributed by atoms with Gasteiger partial charge in [0.2, 0.25) is 0 Å². The van der Waals surface area contributed by atoms with Crippen molar-refractivity contribution in [3.63, 3.8) is 0 Å². The van der Waals surface area contributed by atoms with Crippen LogP contribution in [0.3, 0.4) is 0 Å². The Bertz CT molecular complexity index is 1040. The van der Waals surface area contributed by atoms with Gasteiger partial charge in [-0.1, -0.05) is 6.08 Å². The number of halogens is 1. The zero-order valence-corrected chi connectivity index (χ0v) is 20.5. The van der Waals surface area contributed by atoms with E-state index in [2.05, 4.69) is 90.8 Å².